The first-order chi connectivity index (χ1) is 16.1. The maximum atomic E-state index is 12.8. The van der Waals surface area contributed by atoms with Crippen LogP contribution >= 0.6 is 0 Å². The summed E-state index contributed by atoms with van der Waals surface area (Å²) in [7, 11) is 1.35. The van der Waals surface area contributed by atoms with Gasteiger partial charge in [0.15, 0.2) is 5.76 Å². The van der Waals surface area contributed by atoms with Crippen molar-refractivity contribution in [2.45, 2.75) is 57.1 Å². The minimum absolute atomic E-state index is 0.00637. The van der Waals surface area contributed by atoms with Crippen LogP contribution in [0.2, 0.25) is 0 Å². The van der Waals surface area contributed by atoms with E-state index < -0.39 is 12.3 Å². The average molecular weight is 452 g/mol. The summed E-state index contributed by atoms with van der Waals surface area (Å²) in [5, 5.41) is 12.2. The molecule has 7 nitrogen and oxygen atoms in total. The van der Waals surface area contributed by atoms with Crippen molar-refractivity contribution in [1.29, 1.82) is 0 Å². The number of carbonyl (C=O) groups is 2. The van der Waals surface area contributed by atoms with Crippen molar-refractivity contribution < 1.29 is 28.9 Å². The molecule has 174 valence electrons. The van der Waals surface area contributed by atoms with Crippen LogP contribution in [0.5, 0.6) is 0 Å². The molecule has 7 heteroatoms. The molecule has 1 fully saturated rings. The largest absolute Gasteiger partial charge is 0.465 e. The Morgan fingerprint density at radius 2 is 1.76 bits per heavy atom. The summed E-state index contributed by atoms with van der Waals surface area (Å²) in [6.07, 6.45) is 4.87. The smallest absolute Gasteiger partial charge is 0.337 e. The Hall–Kier alpha value is -3.16. The van der Waals surface area contributed by atoms with Gasteiger partial charge in [0.1, 0.15) is 0 Å². The first kappa shape index (κ1) is 23.0. The topological polar surface area (TPSA) is 94.1 Å². The third-order valence-electron chi connectivity index (χ3n) is 6.12. The number of nitrogens with one attached hydrogen (secondary N) is 1. The van der Waals surface area contributed by atoms with Gasteiger partial charge >= 0.3 is 5.97 Å². The van der Waals surface area contributed by atoms with E-state index in [1.807, 2.05) is 42.5 Å². The predicted molar refractivity (Wildman–Crippen MR) is 121 cm³/mol. The molecule has 2 aromatic carbocycles. The lowest BCUT2D eigenvalue weighted by molar-refractivity contribution is -0.150. The SMILES string of the molecule is COC(=O)c1ccc([C@H]2C=C(C(=O)NC3CCC3)O[C@@H](OCc3ccc(CO)cc3)C2)cc1. The Morgan fingerprint density at radius 1 is 1.06 bits per heavy atom. The number of rotatable bonds is 8. The highest BCUT2D eigenvalue weighted by atomic mass is 16.7. The number of allylic oxidation sites excluding steroid dienone is 1. The van der Waals surface area contributed by atoms with Gasteiger partial charge in [0.25, 0.3) is 5.91 Å². The van der Waals surface area contributed by atoms with E-state index in [-0.39, 0.29) is 30.2 Å². The standard InChI is InChI=1S/C26H29NO6/c1-31-26(30)20-11-9-19(10-12-20)21-13-23(25(29)27-22-3-2-4-22)33-24(14-21)32-16-18-7-5-17(15-28)6-8-18/h5-13,21-22,24,28H,2-4,14-16H2,1H3,(H,27,29)/t21-,24+/m0/s1. The molecule has 0 saturated heterocycles. The second-order valence-electron chi connectivity index (χ2n) is 8.42. The van der Waals surface area contributed by atoms with E-state index in [1.165, 1.54) is 7.11 Å². The maximum Gasteiger partial charge on any atom is 0.337 e. The monoisotopic (exact) mass is 451 g/mol. The first-order valence-corrected chi connectivity index (χ1v) is 11.2. The summed E-state index contributed by atoms with van der Waals surface area (Å²) in [6.45, 7) is 0.315. The molecule has 0 spiro atoms. The van der Waals surface area contributed by atoms with Crippen molar-refractivity contribution in [3.05, 3.63) is 82.6 Å². The molecule has 2 aromatic rings. The van der Waals surface area contributed by atoms with E-state index in [0.29, 0.717) is 18.6 Å². The molecule has 2 atom stereocenters. The van der Waals surface area contributed by atoms with Crippen LogP contribution in [0, 0.1) is 0 Å². The zero-order valence-corrected chi connectivity index (χ0v) is 18.7. The van der Waals surface area contributed by atoms with Crippen molar-refractivity contribution in [2.75, 3.05) is 7.11 Å². The number of esters is 1. The molecule has 0 radical (unpaired) electrons. The zero-order valence-electron chi connectivity index (χ0n) is 18.7. The number of methoxy groups -OCH3 is 1. The van der Waals surface area contributed by atoms with Crippen LogP contribution in [-0.4, -0.2) is 36.4 Å². The zero-order chi connectivity index (χ0) is 23.2. The van der Waals surface area contributed by atoms with Crippen molar-refractivity contribution in [1.82, 2.24) is 5.32 Å². The lowest BCUT2D eigenvalue weighted by Crippen LogP contribution is -2.42. The van der Waals surface area contributed by atoms with Gasteiger partial charge in [-0.05, 0) is 54.2 Å². The number of aliphatic hydroxyl groups is 1. The molecule has 1 heterocycles. The third-order valence-corrected chi connectivity index (χ3v) is 6.12. The summed E-state index contributed by atoms with van der Waals surface area (Å²) >= 11 is 0. The van der Waals surface area contributed by atoms with Crippen LogP contribution in [0.15, 0.2) is 60.4 Å². The van der Waals surface area contributed by atoms with Crippen molar-refractivity contribution in [3.63, 3.8) is 0 Å². The summed E-state index contributed by atoms with van der Waals surface area (Å²) < 4.78 is 16.7. The molecule has 1 saturated carbocycles. The van der Waals surface area contributed by atoms with Crippen LogP contribution < -0.4 is 5.32 Å². The normalized spacial score (nSPS) is 20.2. The molecule has 2 N–H and O–H groups in total. The molecule has 0 bridgehead atoms. The van der Waals surface area contributed by atoms with Crippen molar-refractivity contribution >= 4 is 11.9 Å². The molecule has 1 aliphatic heterocycles. The highest BCUT2D eigenvalue weighted by Gasteiger charge is 2.30. The van der Waals surface area contributed by atoms with E-state index in [4.69, 9.17) is 14.2 Å². The summed E-state index contributed by atoms with van der Waals surface area (Å²) in [6, 6.07) is 14.9. The Labute approximate surface area is 193 Å². The Balaban J connectivity index is 1.48. The predicted octanol–water partition coefficient (Wildman–Crippen LogP) is 3.56. The lowest BCUT2D eigenvalue weighted by atomic mass is 9.91. The van der Waals surface area contributed by atoms with Crippen LogP contribution in [0.25, 0.3) is 0 Å². The molecule has 1 aliphatic carbocycles. The highest BCUT2D eigenvalue weighted by Crippen LogP contribution is 2.32. The number of carbonyl (C=O) groups excluding carboxylic acids is 2. The fourth-order valence-corrected chi connectivity index (χ4v) is 3.87. The van der Waals surface area contributed by atoms with E-state index in [9.17, 15) is 14.7 Å². The quantitative estimate of drug-likeness (QED) is 0.596. The van der Waals surface area contributed by atoms with Gasteiger partial charge in [0.05, 0.1) is 25.9 Å². The number of hydrogen-bond donors (Lipinski definition) is 2. The summed E-state index contributed by atoms with van der Waals surface area (Å²) in [5.74, 6) is -0.459. The minimum atomic E-state index is -0.597. The van der Waals surface area contributed by atoms with Crippen LogP contribution in [0.1, 0.15) is 58.6 Å². The first-order valence-electron chi connectivity index (χ1n) is 11.2. The number of hydrogen-bond acceptors (Lipinski definition) is 6. The fraction of sp³-hybridized carbons (Fsp3) is 0.385. The average Bonchev–Trinajstić information content (AvgIpc) is 2.84. The molecule has 0 unspecified atom stereocenters. The van der Waals surface area contributed by atoms with Gasteiger partial charge in [-0.3, -0.25) is 4.79 Å². The Bertz CT molecular complexity index is 994. The van der Waals surface area contributed by atoms with Crippen molar-refractivity contribution in [3.8, 4) is 0 Å². The van der Waals surface area contributed by atoms with Gasteiger partial charge in [0.2, 0.25) is 6.29 Å². The molecule has 0 aromatic heterocycles. The molecular weight excluding hydrogens is 422 g/mol. The van der Waals surface area contributed by atoms with Gasteiger partial charge < -0.3 is 24.6 Å². The van der Waals surface area contributed by atoms with E-state index >= 15 is 0 Å². The molecule has 4 rings (SSSR count). The second kappa shape index (κ2) is 10.6. The van der Waals surface area contributed by atoms with Crippen LogP contribution in [-0.2, 0) is 32.2 Å². The number of amides is 1. The third kappa shape index (κ3) is 5.80. The van der Waals surface area contributed by atoms with Gasteiger partial charge in [-0.25, -0.2) is 4.79 Å². The van der Waals surface area contributed by atoms with E-state index in [2.05, 4.69) is 5.32 Å². The molecule has 1 amide bonds. The number of benzene rings is 2. The fourth-order valence-electron chi connectivity index (χ4n) is 3.87. The highest BCUT2D eigenvalue weighted by molar-refractivity contribution is 5.92. The van der Waals surface area contributed by atoms with Gasteiger partial charge in [0, 0.05) is 18.4 Å². The summed E-state index contributed by atoms with van der Waals surface area (Å²) in [5.41, 5.74) is 3.21. The van der Waals surface area contributed by atoms with Crippen LogP contribution in [0.3, 0.4) is 0 Å². The van der Waals surface area contributed by atoms with Gasteiger partial charge in [-0.2, -0.15) is 0 Å². The lowest BCUT2D eigenvalue weighted by Gasteiger charge is -2.31. The summed E-state index contributed by atoms with van der Waals surface area (Å²) in [4.78, 5) is 24.6. The van der Waals surface area contributed by atoms with Gasteiger partial charge in [-0.15, -0.1) is 0 Å². The number of aliphatic hydroxyl groups excluding tert-OH is 1. The molecule has 33 heavy (non-hydrogen) atoms. The number of ether oxygens (including phenoxy) is 3. The van der Waals surface area contributed by atoms with Gasteiger partial charge in [-0.1, -0.05) is 36.4 Å². The molecular formula is C26H29NO6. The Morgan fingerprint density at radius 3 is 2.36 bits per heavy atom. The molecule has 2 aliphatic rings. The van der Waals surface area contributed by atoms with E-state index in [0.717, 1.165) is 36.0 Å². The second-order valence-corrected chi connectivity index (χ2v) is 8.42. The van der Waals surface area contributed by atoms with Crippen molar-refractivity contribution in [2.24, 2.45) is 0 Å². The maximum absolute atomic E-state index is 12.8. The Kier molecular flexibility index (Phi) is 7.42. The van der Waals surface area contributed by atoms with E-state index in [1.54, 1.807) is 12.1 Å². The van der Waals surface area contributed by atoms with Crippen LogP contribution in [0.4, 0.5) is 0 Å². The minimum Gasteiger partial charge on any atom is -0.465 e.